The van der Waals surface area contributed by atoms with Gasteiger partial charge in [0.25, 0.3) is 0 Å². The quantitative estimate of drug-likeness (QED) is 0.188. The zero-order valence-electron chi connectivity index (χ0n) is 22.4. The van der Waals surface area contributed by atoms with Crippen molar-refractivity contribution in [1.82, 2.24) is 9.97 Å². The molecule has 4 aromatic carbocycles. The van der Waals surface area contributed by atoms with Crippen LogP contribution in [0.15, 0.2) is 163 Å². The molecule has 0 spiro atoms. The molecule has 41 heavy (non-hydrogen) atoms. The fraction of sp³-hybridized carbons (Fsp3) is 0. The molecule has 2 heterocycles. The van der Waals surface area contributed by atoms with Gasteiger partial charge in [-0.3, -0.25) is 9.97 Å². The van der Waals surface area contributed by atoms with Gasteiger partial charge in [0.1, 0.15) is 0 Å². The maximum atomic E-state index is 5.35. The minimum absolute atomic E-state index is 0.923. The molecule has 6 aromatic rings. The second-order valence-corrected chi connectivity index (χ2v) is 9.62. The molecule has 196 valence electrons. The van der Waals surface area contributed by atoms with E-state index in [2.05, 4.69) is 86.1 Å². The van der Waals surface area contributed by atoms with Gasteiger partial charge in [0, 0.05) is 46.0 Å². The van der Waals surface area contributed by atoms with E-state index in [1.807, 2.05) is 91.0 Å². The summed E-state index contributed by atoms with van der Waals surface area (Å²) in [5.41, 5.74) is 7.62. The van der Waals surface area contributed by atoms with Crippen molar-refractivity contribution in [3.05, 3.63) is 179 Å². The number of aromatic nitrogens is 2. The Morgan fingerprint density at radius 3 is 1.44 bits per heavy atom. The molecule has 0 N–H and O–H groups in total. The molecule has 0 atom stereocenters. The van der Waals surface area contributed by atoms with E-state index in [0.29, 0.717) is 0 Å². The standard InChI is InChI=1S/C19H13N.C14H10.C5H4BrN/c1-2-8-18(9-3-1)19-10-4-6-16(14-19)11-12-17-7-5-13-20-15-17;1-2-12-7-6-10-14(11-12)13-8-4-3-5-9-13;6-5-2-1-3-7-4-5/h1-10,13-15H;1,3-11H;1-4H. The number of benzene rings is 4. The first-order valence-electron chi connectivity index (χ1n) is 13.0. The van der Waals surface area contributed by atoms with Crippen LogP contribution in [0.5, 0.6) is 0 Å². The van der Waals surface area contributed by atoms with E-state index in [1.165, 1.54) is 22.3 Å². The summed E-state index contributed by atoms with van der Waals surface area (Å²) in [6, 6.07) is 44.5. The van der Waals surface area contributed by atoms with E-state index in [0.717, 1.165) is 21.2 Å². The van der Waals surface area contributed by atoms with E-state index >= 15 is 0 Å². The molecule has 0 saturated carbocycles. The smallest absolute Gasteiger partial charge is 0.0432 e. The topological polar surface area (TPSA) is 25.8 Å². The van der Waals surface area contributed by atoms with Crippen molar-refractivity contribution in [2.75, 3.05) is 0 Å². The Morgan fingerprint density at radius 2 is 0.951 bits per heavy atom. The summed E-state index contributed by atoms with van der Waals surface area (Å²) in [6.45, 7) is 0. The van der Waals surface area contributed by atoms with E-state index in [-0.39, 0.29) is 0 Å². The highest BCUT2D eigenvalue weighted by molar-refractivity contribution is 9.10. The van der Waals surface area contributed by atoms with Crippen molar-refractivity contribution in [2.24, 2.45) is 0 Å². The fourth-order valence-electron chi connectivity index (χ4n) is 3.75. The van der Waals surface area contributed by atoms with Crippen LogP contribution in [0, 0.1) is 24.2 Å². The maximum absolute atomic E-state index is 5.35. The fourth-order valence-corrected chi connectivity index (χ4v) is 4.02. The first-order valence-corrected chi connectivity index (χ1v) is 13.8. The highest BCUT2D eigenvalue weighted by Gasteiger charge is 1.97. The molecule has 2 aromatic heterocycles. The highest BCUT2D eigenvalue weighted by atomic mass is 79.9. The molecule has 0 fully saturated rings. The minimum atomic E-state index is 0.923. The predicted molar refractivity (Wildman–Crippen MR) is 174 cm³/mol. The van der Waals surface area contributed by atoms with Crippen LogP contribution in [-0.2, 0) is 0 Å². The van der Waals surface area contributed by atoms with Crippen LogP contribution in [0.4, 0.5) is 0 Å². The Morgan fingerprint density at radius 1 is 0.463 bits per heavy atom. The highest BCUT2D eigenvalue weighted by Crippen LogP contribution is 2.20. The summed E-state index contributed by atoms with van der Waals surface area (Å²) in [4.78, 5) is 7.90. The first-order chi connectivity index (χ1) is 20.2. The van der Waals surface area contributed by atoms with Crippen LogP contribution < -0.4 is 0 Å². The van der Waals surface area contributed by atoms with Crippen LogP contribution in [0.3, 0.4) is 0 Å². The van der Waals surface area contributed by atoms with Gasteiger partial charge in [-0.2, -0.15) is 0 Å². The van der Waals surface area contributed by atoms with Crippen molar-refractivity contribution in [1.29, 1.82) is 0 Å². The molecule has 0 amide bonds. The Balaban J connectivity index is 0.000000159. The van der Waals surface area contributed by atoms with Crippen LogP contribution in [-0.4, -0.2) is 9.97 Å². The summed E-state index contributed by atoms with van der Waals surface area (Å²) < 4.78 is 1.02. The van der Waals surface area contributed by atoms with Gasteiger partial charge in [-0.15, -0.1) is 6.42 Å². The summed E-state index contributed by atoms with van der Waals surface area (Å²) in [5, 5.41) is 0. The lowest BCUT2D eigenvalue weighted by molar-refractivity contribution is 1.31. The van der Waals surface area contributed by atoms with Crippen molar-refractivity contribution in [3.8, 4) is 46.4 Å². The third-order valence-electron chi connectivity index (χ3n) is 5.74. The van der Waals surface area contributed by atoms with Crippen molar-refractivity contribution in [3.63, 3.8) is 0 Å². The lowest BCUT2D eigenvalue weighted by atomic mass is 10.0. The monoisotopic (exact) mass is 590 g/mol. The zero-order chi connectivity index (χ0) is 28.5. The Hall–Kier alpha value is -5.22. The second-order valence-electron chi connectivity index (χ2n) is 8.70. The lowest BCUT2D eigenvalue weighted by Gasteiger charge is -2.01. The van der Waals surface area contributed by atoms with Gasteiger partial charge >= 0.3 is 0 Å². The molecule has 0 aliphatic heterocycles. The predicted octanol–water partition coefficient (Wildman–Crippen LogP) is 9.33. The van der Waals surface area contributed by atoms with Gasteiger partial charge in [-0.05, 0) is 86.7 Å². The first kappa shape index (κ1) is 28.8. The second kappa shape index (κ2) is 16.0. The van der Waals surface area contributed by atoms with Gasteiger partial charge in [0.15, 0.2) is 0 Å². The SMILES string of the molecule is Brc1cccnc1.C#Cc1cccc(-c2ccccc2)c1.C(#Cc1cccc(-c2ccccc2)c1)c1cccnc1. The van der Waals surface area contributed by atoms with Crippen molar-refractivity contribution in [2.45, 2.75) is 0 Å². The average Bonchev–Trinajstić information content (AvgIpc) is 3.06. The van der Waals surface area contributed by atoms with Crippen LogP contribution in [0.1, 0.15) is 16.7 Å². The van der Waals surface area contributed by atoms with Gasteiger partial charge in [-0.25, -0.2) is 0 Å². The number of rotatable bonds is 2. The van der Waals surface area contributed by atoms with Crippen LogP contribution >= 0.6 is 15.9 Å². The van der Waals surface area contributed by atoms with Gasteiger partial charge in [0.05, 0.1) is 0 Å². The lowest BCUT2D eigenvalue weighted by Crippen LogP contribution is -1.80. The van der Waals surface area contributed by atoms with E-state index in [9.17, 15) is 0 Å². The largest absolute Gasteiger partial charge is 0.264 e. The average molecular weight is 592 g/mol. The number of halogens is 1. The van der Waals surface area contributed by atoms with E-state index in [4.69, 9.17) is 6.42 Å². The Bertz CT molecular complexity index is 1730. The molecule has 6 rings (SSSR count). The third-order valence-corrected chi connectivity index (χ3v) is 6.21. The van der Waals surface area contributed by atoms with Crippen molar-refractivity contribution >= 4 is 15.9 Å². The number of pyridine rings is 2. The Kier molecular flexibility index (Phi) is 11.2. The normalized spacial score (nSPS) is 9.37. The van der Waals surface area contributed by atoms with E-state index < -0.39 is 0 Å². The maximum Gasteiger partial charge on any atom is 0.0432 e. The summed E-state index contributed by atoms with van der Waals surface area (Å²) in [6.07, 6.45) is 12.4. The zero-order valence-corrected chi connectivity index (χ0v) is 23.9. The third kappa shape index (κ3) is 9.79. The number of hydrogen-bond acceptors (Lipinski definition) is 2. The van der Waals surface area contributed by atoms with Crippen LogP contribution in [0.2, 0.25) is 0 Å². The Labute approximate surface area is 250 Å². The van der Waals surface area contributed by atoms with Gasteiger partial charge in [0.2, 0.25) is 0 Å². The molecule has 3 heteroatoms. The molecule has 0 aliphatic rings. The van der Waals surface area contributed by atoms with Crippen molar-refractivity contribution < 1.29 is 0 Å². The van der Waals surface area contributed by atoms with Gasteiger partial charge in [-0.1, -0.05) is 103 Å². The number of terminal acetylenes is 1. The molecular weight excluding hydrogens is 564 g/mol. The minimum Gasteiger partial charge on any atom is -0.264 e. The van der Waals surface area contributed by atoms with Gasteiger partial charge < -0.3 is 0 Å². The molecule has 0 unspecified atom stereocenters. The molecule has 0 saturated heterocycles. The van der Waals surface area contributed by atoms with E-state index in [1.54, 1.807) is 24.8 Å². The molecule has 0 radical (unpaired) electrons. The molecule has 0 bridgehead atoms. The summed E-state index contributed by atoms with van der Waals surface area (Å²) >= 11 is 3.25. The molecular formula is C38H27BrN2. The molecule has 0 aliphatic carbocycles. The number of nitrogens with zero attached hydrogens (tertiary/aromatic N) is 2. The summed E-state index contributed by atoms with van der Waals surface area (Å²) in [5.74, 6) is 8.95. The molecule has 2 nitrogen and oxygen atoms in total. The number of hydrogen-bond donors (Lipinski definition) is 0. The summed E-state index contributed by atoms with van der Waals surface area (Å²) in [7, 11) is 0. The van der Waals surface area contributed by atoms with Crippen LogP contribution in [0.25, 0.3) is 22.3 Å².